The Bertz CT molecular complexity index is 714. The SMILES string of the molecule is CN(CC(=O)N1CCCC(C(=O)O)C1)C(=O)c1cc(F)c(Cl)cc1Cl. The van der Waals surface area contributed by atoms with Crippen LogP contribution in [-0.4, -0.2) is 59.4 Å². The Kier molecular flexibility index (Phi) is 6.24. The van der Waals surface area contributed by atoms with Crippen molar-refractivity contribution in [2.24, 2.45) is 5.92 Å². The molecule has 0 spiro atoms. The molecule has 1 aromatic carbocycles. The number of likely N-dealkylation sites (N-methyl/N-ethyl adjacent to an activating group) is 1. The highest BCUT2D eigenvalue weighted by Crippen LogP contribution is 2.25. The lowest BCUT2D eigenvalue weighted by Crippen LogP contribution is -2.46. The Labute approximate surface area is 154 Å². The third-order valence-electron chi connectivity index (χ3n) is 4.08. The second-order valence-electron chi connectivity index (χ2n) is 5.92. The van der Waals surface area contributed by atoms with Crippen molar-refractivity contribution in [3.63, 3.8) is 0 Å². The number of likely N-dealkylation sites (tertiary alicyclic amines) is 1. The zero-order valence-corrected chi connectivity index (χ0v) is 15.0. The number of halogens is 3. The second kappa shape index (κ2) is 8.01. The lowest BCUT2D eigenvalue weighted by atomic mass is 9.98. The fraction of sp³-hybridized carbons (Fsp3) is 0.438. The van der Waals surface area contributed by atoms with Gasteiger partial charge >= 0.3 is 5.97 Å². The van der Waals surface area contributed by atoms with Gasteiger partial charge in [0.15, 0.2) is 0 Å². The molecule has 1 aromatic rings. The van der Waals surface area contributed by atoms with E-state index in [1.807, 2.05) is 0 Å². The summed E-state index contributed by atoms with van der Waals surface area (Å²) in [5.74, 6) is -3.31. The van der Waals surface area contributed by atoms with Crippen LogP contribution >= 0.6 is 23.2 Å². The highest BCUT2D eigenvalue weighted by atomic mass is 35.5. The van der Waals surface area contributed by atoms with Gasteiger partial charge in [0.2, 0.25) is 5.91 Å². The van der Waals surface area contributed by atoms with Crippen molar-refractivity contribution in [3.05, 3.63) is 33.6 Å². The van der Waals surface area contributed by atoms with Crippen LogP contribution in [0.4, 0.5) is 4.39 Å². The molecule has 1 saturated heterocycles. The van der Waals surface area contributed by atoms with Crippen LogP contribution in [0.5, 0.6) is 0 Å². The fourth-order valence-corrected chi connectivity index (χ4v) is 3.14. The van der Waals surface area contributed by atoms with Crippen LogP contribution in [-0.2, 0) is 9.59 Å². The molecule has 0 bridgehead atoms. The van der Waals surface area contributed by atoms with Crippen LogP contribution in [0, 0.1) is 11.7 Å². The number of hydrogen-bond acceptors (Lipinski definition) is 3. The minimum Gasteiger partial charge on any atom is -0.481 e. The molecule has 1 atom stereocenters. The largest absolute Gasteiger partial charge is 0.481 e. The first-order chi connectivity index (χ1) is 11.7. The summed E-state index contributed by atoms with van der Waals surface area (Å²) in [7, 11) is 1.39. The number of carbonyl (C=O) groups excluding carboxylic acids is 2. The zero-order valence-electron chi connectivity index (χ0n) is 13.5. The molecule has 2 amide bonds. The molecular weight excluding hydrogens is 374 g/mol. The van der Waals surface area contributed by atoms with Crippen molar-refractivity contribution in [3.8, 4) is 0 Å². The Balaban J connectivity index is 2.04. The van der Waals surface area contributed by atoms with Crippen molar-refractivity contribution in [2.45, 2.75) is 12.8 Å². The van der Waals surface area contributed by atoms with E-state index in [4.69, 9.17) is 28.3 Å². The number of rotatable bonds is 4. The third-order valence-corrected chi connectivity index (χ3v) is 4.69. The number of amides is 2. The van der Waals surface area contributed by atoms with E-state index in [0.29, 0.717) is 19.4 Å². The summed E-state index contributed by atoms with van der Waals surface area (Å²) in [6, 6.07) is 2.05. The minimum absolute atomic E-state index is 0.0142. The number of carboxylic acids is 1. The number of aliphatic carboxylic acids is 1. The van der Waals surface area contributed by atoms with Crippen LogP contribution < -0.4 is 0 Å². The number of nitrogens with zero attached hydrogens (tertiary/aromatic N) is 2. The zero-order chi connectivity index (χ0) is 18.7. The van der Waals surface area contributed by atoms with Gasteiger partial charge in [-0.05, 0) is 25.0 Å². The van der Waals surface area contributed by atoms with E-state index in [2.05, 4.69) is 0 Å². The van der Waals surface area contributed by atoms with Crippen LogP contribution in [0.25, 0.3) is 0 Å². The van der Waals surface area contributed by atoms with Crippen LogP contribution in [0.1, 0.15) is 23.2 Å². The van der Waals surface area contributed by atoms with E-state index < -0.39 is 23.6 Å². The Morgan fingerprint density at radius 1 is 1.32 bits per heavy atom. The van der Waals surface area contributed by atoms with Gasteiger partial charge in [-0.25, -0.2) is 4.39 Å². The summed E-state index contributed by atoms with van der Waals surface area (Å²) in [5, 5.41) is 8.86. The molecule has 1 heterocycles. The average molecular weight is 391 g/mol. The summed E-state index contributed by atoms with van der Waals surface area (Å²) < 4.78 is 13.6. The third kappa shape index (κ3) is 4.61. The van der Waals surface area contributed by atoms with E-state index in [1.54, 1.807) is 0 Å². The van der Waals surface area contributed by atoms with Gasteiger partial charge in [0.25, 0.3) is 5.91 Å². The second-order valence-corrected chi connectivity index (χ2v) is 6.74. The van der Waals surface area contributed by atoms with E-state index in [0.717, 1.165) is 17.0 Å². The predicted octanol–water partition coefficient (Wildman–Crippen LogP) is 2.53. The lowest BCUT2D eigenvalue weighted by Gasteiger charge is -2.32. The molecular formula is C16H17Cl2FN2O4. The number of benzene rings is 1. The molecule has 2 rings (SSSR count). The number of carboxylic acid groups (broad SMARTS) is 1. The summed E-state index contributed by atoms with van der Waals surface area (Å²) >= 11 is 11.5. The number of carbonyl (C=O) groups is 3. The molecule has 0 saturated carbocycles. The maximum atomic E-state index is 13.6. The van der Waals surface area contributed by atoms with Crippen LogP contribution in [0.3, 0.4) is 0 Å². The molecule has 1 fully saturated rings. The van der Waals surface area contributed by atoms with Gasteiger partial charge in [-0.1, -0.05) is 23.2 Å². The molecule has 25 heavy (non-hydrogen) atoms. The quantitative estimate of drug-likeness (QED) is 0.801. The lowest BCUT2D eigenvalue weighted by molar-refractivity contribution is -0.145. The highest BCUT2D eigenvalue weighted by Gasteiger charge is 2.29. The van der Waals surface area contributed by atoms with Crippen LogP contribution in [0.15, 0.2) is 12.1 Å². The summed E-state index contributed by atoms with van der Waals surface area (Å²) in [6.45, 7) is 0.305. The van der Waals surface area contributed by atoms with Crippen molar-refractivity contribution >= 4 is 41.0 Å². The Morgan fingerprint density at radius 3 is 2.64 bits per heavy atom. The topological polar surface area (TPSA) is 77.9 Å². The Morgan fingerprint density at radius 2 is 2.00 bits per heavy atom. The van der Waals surface area contributed by atoms with E-state index in [1.165, 1.54) is 11.9 Å². The minimum atomic E-state index is -0.939. The molecule has 1 aliphatic rings. The maximum Gasteiger partial charge on any atom is 0.308 e. The highest BCUT2D eigenvalue weighted by molar-refractivity contribution is 6.36. The van der Waals surface area contributed by atoms with Crippen molar-refractivity contribution in [1.29, 1.82) is 0 Å². The summed E-state index contributed by atoms with van der Waals surface area (Å²) in [4.78, 5) is 38.3. The van der Waals surface area contributed by atoms with Crippen LogP contribution in [0.2, 0.25) is 10.0 Å². The van der Waals surface area contributed by atoms with E-state index in [-0.39, 0.29) is 34.6 Å². The van der Waals surface area contributed by atoms with Gasteiger partial charge < -0.3 is 14.9 Å². The average Bonchev–Trinajstić information content (AvgIpc) is 2.57. The monoisotopic (exact) mass is 390 g/mol. The first-order valence-corrected chi connectivity index (χ1v) is 8.37. The van der Waals surface area contributed by atoms with Gasteiger partial charge in [-0.2, -0.15) is 0 Å². The maximum absolute atomic E-state index is 13.6. The number of piperidine rings is 1. The van der Waals surface area contributed by atoms with Gasteiger partial charge in [0, 0.05) is 20.1 Å². The standard InChI is InChI=1S/C16H17Cl2FN2O4/c1-20(15(23)10-5-13(19)12(18)6-11(10)17)8-14(22)21-4-2-3-9(7-21)16(24)25/h5-6,9H,2-4,7-8H2,1H3,(H,24,25). The van der Waals surface area contributed by atoms with Crippen molar-refractivity contribution in [2.75, 3.05) is 26.7 Å². The normalized spacial score (nSPS) is 17.3. The predicted molar refractivity (Wildman–Crippen MR) is 90.3 cm³/mol. The van der Waals surface area contributed by atoms with Gasteiger partial charge in [-0.15, -0.1) is 0 Å². The summed E-state index contributed by atoms with van der Waals surface area (Å²) in [6.07, 6.45) is 1.11. The van der Waals surface area contributed by atoms with Gasteiger partial charge in [0.05, 0.1) is 28.1 Å². The van der Waals surface area contributed by atoms with Gasteiger partial charge in [-0.3, -0.25) is 14.4 Å². The molecule has 136 valence electrons. The molecule has 1 unspecified atom stereocenters. The molecule has 0 radical (unpaired) electrons. The molecule has 1 N–H and O–H groups in total. The number of hydrogen-bond donors (Lipinski definition) is 1. The Hall–Kier alpha value is -1.86. The van der Waals surface area contributed by atoms with Crippen molar-refractivity contribution < 1.29 is 23.9 Å². The van der Waals surface area contributed by atoms with Crippen molar-refractivity contribution in [1.82, 2.24) is 9.80 Å². The van der Waals surface area contributed by atoms with Gasteiger partial charge in [0.1, 0.15) is 5.82 Å². The summed E-state index contributed by atoms with van der Waals surface area (Å²) in [5.41, 5.74) is -0.0964. The smallest absolute Gasteiger partial charge is 0.308 e. The molecule has 6 nitrogen and oxygen atoms in total. The fourth-order valence-electron chi connectivity index (χ4n) is 2.67. The first kappa shape index (κ1) is 19.5. The first-order valence-electron chi connectivity index (χ1n) is 7.61. The molecule has 0 aliphatic carbocycles. The van der Waals surface area contributed by atoms with E-state index >= 15 is 0 Å². The van der Waals surface area contributed by atoms with E-state index in [9.17, 15) is 18.8 Å². The molecule has 0 aromatic heterocycles. The molecule has 9 heteroatoms. The molecule has 1 aliphatic heterocycles.